The summed E-state index contributed by atoms with van der Waals surface area (Å²) in [5, 5.41) is 14.2. The summed E-state index contributed by atoms with van der Waals surface area (Å²) < 4.78 is 55.8. The number of carbonyl (C=O) groups is 1. The number of anilines is 1. The van der Waals surface area contributed by atoms with E-state index >= 15 is 0 Å². The van der Waals surface area contributed by atoms with Crippen molar-refractivity contribution in [2.24, 2.45) is 0 Å². The molecule has 0 amide bonds. The van der Waals surface area contributed by atoms with Crippen LogP contribution < -0.4 is 9.64 Å². The number of para-hydroxylation sites is 1. The zero-order valence-corrected chi connectivity index (χ0v) is 22.5. The number of aromatic carboxylic acids is 1. The van der Waals surface area contributed by atoms with Crippen LogP contribution in [0.4, 0.5) is 18.9 Å². The van der Waals surface area contributed by atoms with Gasteiger partial charge in [0.2, 0.25) is 0 Å². The SMILES string of the molecule is O=C(O)c1cnc2cc(N3[C@@H]4CC[C@H]3CC(OCc3c(-c5ccccc5OC(F)(F)F)noc3C3CC3)C4)ccc2c1. The van der Waals surface area contributed by atoms with Crippen LogP contribution in [0.25, 0.3) is 22.2 Å². The van der Waals surface area contributed by atoms with Gasteiger partial charge in [-0.05, 0) is 68.9 Å². The second kappa shape index (κ2) is 10.3. The molecule has 8 nitrogen and oxygen atoms in total. The number of aromatic nitrogens is 2. The van der Waals surface area contributed by atoms with Crippen LogP contribution in [0.1, 0.15) is 66.1 Å². The summed E-state index contributed by atoms with van der Waals surface area (Å²) in [6, 6.07) is 14.1. The first kappa shape index (κ1) is 26.8. The Hall–Kier alpha value is -4.12. The van der Waals surface area contributed by atoms with Gasteiger partial charge in [0.25, 0.3) is 0 Å². The molecule has 0 spiro atoms. The van der Waals surface area contributed by atoms with E-state index in [1.165, 1.54) is 18.3 Å². The molecule has 3 aliphatic rings. The Kier molecular flexibility index (Phi) is 6.56. The third-order valence-electron chi connectivity index (χ3n) is 8.50. The monoisotopic (exact) mass is 579 g/mol. The number of pyridine rings is 1. The third-order valence-corrected chi connectivity index (χ3v) is 8.50. The van der Waals surface area contributed by atoms with Gasteiger partial charge in [0.1, 0.15) is 17.2 Å². The van der Waals surface area contributed by atoms with Crippen LogP contribution in [0.2, 0.25) is 0 Å². The largest absolute Gasteiger partial charge is 0.573 e. The number of alkyl halides is 3. The van der Waals surface area contributed by atoms with Crippen LogP contribution in [0.5, 0.6) is 5.75 Å². The molecule has 2 bridgehead atoms. The number of piperidine rings is 1. The Morgan fingerprint density at radius 2 is 1.81 bits per heavy atom. The van der Waals surface area contributed by atoms with Gasteiger partial charge >= 0.3 is 12.3 Å². The molecule has 2 aromatic carbocycles. The van der Waals surface area contributed by atoms with Crippen LogP contribution in [0, 0.1) is 0 Å². The fourth-order valence-corrected chi connectivity index (χ4v) is 6.49. The molecule has 2 aromatic heterocycles. The molecule has 1 unspecified atom stereocenters. The van der Waals surface area contributed by atoms with E-state index in [2.05, 4.69) is 19.8 Å². The van der Waals surface area contributed by atoms with Gasteiger partial charge in [0.05, 0.1) is 23.8 Å². The lowest BCUT2D eigenvalue weighted by Crippen LogP contribution is -2.45. The first-order valence-corrected chi connectivity index (χ1v) is 14.1. The van der Waals surface area contributed by atoms with Gasteiger partial charge < -0.3 is 24.0 Å². The Labute approximate surface area is 239 Å². The second-order valence-electron chi connectivity index (χ2n) is 11.3. The van der Waals surface area contributed by atoms with E-state index in [1.54, 1.807) is 18.2 Å². The number of halogens is 3. The van der Waals surface area contributed by atoms with Gasteiger partial charge in [0.15, 0.2) is 0 Å². The number of benzene rings is 2. The maximum absolute atomic E-state index is 13.1. The van der Waals surface area contributed by atoms with Gasteiger partial charge in [0, 0.05) is 46.4 Å². The smallest absolute Gasteiger partial charge is 0.478 e. The molecule has 1 aliphatic carbocycles. The normalized spacial score (nSPS) is 22.1. The first-order valence-electron chi connectivity index (χ1n) is 14.1. The minimum absolute atomic E-state index is 0.0214. The molecule has 1 N–H and O–H groups in total. The Morgan fingerprint density at radius 1 is 1.05 bits per heavy atom. The molecule has 2 saturated heterocycles. The number of fused-ring (bicyclic) bond motifs is 3. The molecule has 0 radical (unpaired) electrons. The van der Waals surface area contributed by atoms with Crippen molar-refractivity contribution in [3.8, 4) is 17.0 Å². The van der Waals surface area contributed by atoms with Crippen LogP contribution in [-0.4, -0.2) is 45.8 Å². The summed E-state index contributed by atoms with van der Waals surface area (Å²) in [7, 11) is 0. The number of nitrogens with zero attached hydrogens (tertiary/aromatic N) is 3. The fraction of sp³-hybridized carbons (Fsp3) is 0.387. The van der Waals surface area contributed by atoms with Crippen LogP contribution in [-0.2, 0) is 11.3 Å². The van der Waals surface area contributed by atoms with Crippen molar-refractivity contribution >= 4 is 22.6 Å². The van der Waals surface area contributed by atoms with E-state index in [0.29, 0.717) is 17.0 Å². The van der Waals surface area contributed by atoms with E-state index in [0.717, 1.165) is 55.1 Å². The van der Waals surface area contributed by atoms with E-state index in [-0.39, 0.29) is 47.6 Å². The van der Waals surface area contributed by atoms with Crippen LogP contribution in [0.3, 0.4) is 0 Å². The van der Waals surface area contributed by atoms with Gasteiger partial charge in [-0.2, -0.15) is 0 Å². The van der Waals surface area contributed by atoms with Crippen molar-refractivity contribution < 1.29 is 37.1 Å². The average molecular weight is 580 g/mol. The second-order valence-corrected chi connectivity index (χ2v) is 11.3. The summed E-state index contributed by atoms with van der Waals surface area (Å²) in [6.07, 6.45) is 2.11. The van der Waals surface area contributed by atoms with Gasteiger partial charge in [-0.15, -0.1) is 13.2 Å². The number of ether oxygens (including phenoxy) is 2. The molecule has 11 heteroatoms. The molecular weight excluding hydrogens is 551 g/mol. The molecule has 218 valence electrons. The topological polar surface area (TPSA) is 97.9 Å². The molecule has 42 heavy (non-hydrogen) atoms. The van der Waals surface area contributed by atoms with Gasteiger partial charge in [-0.25, -0.2) is 4.79 Å². The summed E-state index contributed by atoms with van der Waals surface area (Å²) in [5.74, 6) is -0.444. The minimum atomic E-state index is -4.83. The van der Waals surface area contributed by atoms with Crippen molar-refractivity contribution in [1.29, 1.82) is 0 Å². The summed E-state index contributed by atoms with van der Waals surface area (Å²) in [5.41, 5.74) is 3.20. The lowest BCUT2D eigenvalue weighted by Gasteiger charge is -2.40. The highest BCUT2D eigenvalue weighted by atomic mass is 19.4. The molecule has 4 aromatic rings. The number of hydrogen-bond donors (Lipinski definition) is 1. The predicted molar refractivity (Wildman–Crippen MR) is 146 cm³/mol. The van der Waals surface area contributed by atoms with Crippen LogP contribution in [0.15, 0.2) is 59.3 Å². The molecule has 7 rings (SSSR count). The third kappa shape index (κ3) is 5.17. The number of rotatable bonds is 8. The lowest BCUT2D eigenvalue weighted by molar-refractivity contribution is -0.274. The first-order chi connectivity index (χ1) is 20.2. The van der Waals surface area contributed by atoms with Crippen molar-refractivity contribution in [2.45, 2.75) is 75.6 Å². The van der Waals surface area contributed by atoms with E-state index in [4.69, 9.17) is 9.26 Å². The molecular formula is C31H28F3N3O5. The van der Waals surface area contributed by atoms with Gasteiger partial charge in [-0.1, -0.05) is 23.4 Å². The predicted octanol–water partition coefficient (Wildman–Crippen LogP) is 7.08. The quantitative estimate of drug-likeness (QED) is 0.237. The maximum Gasteiger partial charge on any atom is 0.573 e. The minimum Gasteiger partial charge on any atom is -0.478 e. The van der Waals surface area contributed by atoms with E-state index in [1.807, 2.05) is 18.2 Å². The molecule has 3 atom stereocenters. The zero-order valence-electron chi connectivity index (χ0n) is 22.5. The van der Waals surface area contributed by atoms with Crippen molar-refractivity contribution in [3.05, 3.63) is 71.6 Å². The fourth-order valence-electron chi connectivity index (χ4n) is 6.49. The molecule has 4 heterocycles. The zero-order chi connectivity index (χ0) is 29.0. The van der Waals surface area contributed by atoms with Gasteiger partial charge in [-0.3, -0.25) is 4.98 Å². The van der Waals surface area contributed by atoms with E-state index in [9.17, 15) is 23.1 Å². The Balaban J connectivity index is 1.09. The summed E-state index contributed by atoms with van der Waals surface area (Å²) in [6.45, 7) is 0.195. The standard InChI is InChI=1S/C31H28F3N3O5/c32-31(33,34)41-27-4-2-1-3-24(27)28-25(29(42-36-28)17-5-6-17)16-40-23-12-20-9-10-21(13-23)37(20)22-8-7-18-11-19(30(38)39)15-35-26(18)14-22/h1-4,7-8,11,14-15,17,20-21,23H,5-6,9-10,12-13,16H2,(H,38,39)/t20-,21+,23?. The van der Waals surface area contributed by atoms with E-state index < -0.39 is 12.3 Å². The highest BCUT2D eigenvalue weighted by molar-refractivity contribution is 5.93. The molecule has 2 aliphatic heterocycles. The highest BCUT2D eigenvalue weighted by Gasteiger charge is 2.42. The van der Waals surface area contributed by atoms with Crippen molar-refractivity contribution in [1.82, 2.24) is 10.1 Å². The number of carboxylic acids is 1. The Morgan fingerprint density at radius 3 is 2.52 bits per heavy atom. The number of carboxylic acid groups (broad SMARTS) is 1. The summed E-state index contributed by atoms with van der Waals surface area (Å²) >= 11 is 0. The maximum atomic E-state index is 13.1. The van der Waals surface area contributed by atoms with Crippen molar-refractivity contribution in [2.75, 3.05) is 4.90 Å². The summed E-state index contributed by atoms with van der Waals surface area (Å²) in [4.78, 5) is 18.1. The Bertz CT molecular complexity index is 1640. The molecule has 1 saturated carbocycles. The average Bonchev–Trinajstić information content (AvgIpc) is 3.66. The highest BCUT2D eigenvalue weighted by Crippen LogP contribution is 2.46. The molecule has 3 fully saturated rings. The van der Waals surface area contributed by atoms with Crippen LogP contribution >= 0.6 is 0 Å². The lowest BCUT2D eigenvalue weighted by atomic mass is 9.98. The number of hydrogen-bond acceptors (Lipinski definition) is 7. The van der Waals surface area contributed by atoms with Crippen molar-refractivity contribution in [3.63, 3.8) is 0 Å².